The molecule has 100 valence electrons. The summed E-state index contributed by atoms with van der Waals surface area (Å²) in [4.78, 5) is 2.01. The molecule has 1 nitrogen and oxygen atoms in total. The molecule has 0 bridgehead atoms. The second-order valence-corrected chi connectivity index (χ2v) is 5.03. The van der Waals surface area contributed by atoms with Gasteiger partial charge in [0.05, 0.1) is 5.69 Å². The summed E-state index contributed by atoms with van der Waals surface area (Å²) in [6.45, 7) is 4.81. The molecule has 0 fully saturated rings. The highest BCUT2D eigenvalue weighted by atomic mass is 79.9. The highest BCUT2D eigenvalue weighted by Crippen LogP contribution is 2.32. The Balaban J connectivity index is 2.54. The van der Waals surface area contributed by atoms with E-state index in [0.717, 1.165) is 17.8 Å². The SMILES string of the molecule is CCN(c1cccc(C)c1)c1c(F)cccc1CBr. The predicted octanol–water partition coefficient (Wildman–Crippen LogP) is 5.19. The van der Waals surface area contributed by atoms with E-state index < -0.39 is 0 Å². The molecule has 2 rings (SSSR count). The van der Waals surface area contributed by atoms with Gasteiger partial charge in [-0.2, -0.15) is 0 Å². The van der Waals surface area contributed by atoms with Crippen molar-refractivity contribution in [2.75, 3.05) is 11.4 Å². The molecule has 0 heterocycles. The molecule has 0 aliphatic carbocycles. The maximum Gasteiger partial charge on any atom is 0.147 e. The standard InChI is InChI=1S/C16H17BrFN/c1-3-19(14-8-4-6-12(2)10-14)16-13(11-17)7-5-9-15(16)18/h4-10H,3,11H2,1-2H3. The molecule has 19 heavy (non-hydrogen) atoms. The first-order chi connectivity index (χ1) is 9.17. The summed E-state index contributed by atoms with van der Waals surface area (Å²) in [5, 5.41) is 0.641. The first kappa shape index (κ1) is 14.1. The van der Waals surface area contributed by atoms with Gasteiger partial charge in [-0.1, -0.05) is 40.2 Å². The smallest absolute Gasteiger partial charge is 0.147 e. The zero-order valence-electron chi connectivity index (χ0n) is 11.2. The van der Waals surface area contributed by atoms with Crippen LogP contribution in [-0.4, -0.2) is 6.54 Å². The number of halogens is 2. The number of nitrogens with zero attached hydrogens (tertiary/aromatic N) is 1. The Morgan fingerprint density at radius 2 is 1.89 bits per heavy atom. The van der Waals surface area contributed by atoms with Crippen LogP contribution < -0.4 is 4.90 Å². The Kier molecular flexibility index (Phi) is 4.59. The van der Waals surface area contributed by atoms with Gasteiger partial charge in [0.25, 0.3) is 0 Å². The van der Waals surface area contributed by atoms with Gasteiger partial charge in [-0.05, 0) is 43.2 Å². The molecule has 0 aliphatic heterocycles. The van der Waals surface area contributed by atoms with Crippen molar-refractivity contribution in [1.29, 1.82) is 0 Å². The van der Waals surface area contributed by atoms with E-state index in [9.17, 15) is 4.39 Å². The van der Waals surface area contributed by atoms with Crippen molar-refractivity contribution < 1.29 is 4.39 Å². The van der Waals surface area contributed by atoms with Gasteiger partial charge in [-0.3, -0.25) is 0 Å². The highest BCUT2D eigenvalue weighted by molar-refractivity contribution is 9.08. The summed E-state index contributed by atoms with van der Waals surface area (Å²) in [5.74, 6) is -0.180. The maximum atomic E-state index is 14.2. The van der Waals surface area contributed by atoms with Crippen LogP contribution >= 0.6 is 15.9 Å². The molecule has 0 radical (unpaired) electrons. The predicted molar refractivity (Wildman–Crippen MR) is 82.9 cm³/mol. The summed E-state index contributed by atoms with van der Waals surface area (Å²) >= 11 is 3.43. The third kappa shape index (κ3) is 2.98. The van der Waals surface area contributed by atoms with E-state index in [4.69, 9.17) is 0 Å². The largest absolute Gasteiger partial charge is 0.339 e. The van der Waals surface area contributed by atoms with Gasteiger partial charge in [0.15, 0.2) is 0 Å². The van der Waals surface area contributed by atoms with E-state index in [1.807, 2.05) is 43.0 Å². The van der Waals surface area contributed by atoms with Crippen LogP contribution in [0.25, 0.3) is 0 Å². The fraction of sp³-hybridized carbons (Fsp3) is 0.250. The summed E-state index contributed by atoms with van der Waals surface area (Å²) in [5.41, 5.74) is 3.82. The van der Waals surface area contributed by atoms with E-state index in [1.165, 1.54) is 11.6 Å². The fourth-order valence-electron chi connectivity index (χ4n) is 2.24. The number of benzene rings is 2. The first-order valence-corrected chi connectivity index (χ1v) is 7.47. The second-order valence-electron chi connectivity index (χ2n) is 4.46. The minimum atomic E-state index is -0.180. The van der Waals surface area contributed by atoms with Crippen molar-refractivity contribution in [3.05, 3.63) is 59.4 Å². The average molecular weight is 322 g/mol. The topological polar surface area (TPSA) is 3.24 Å². The third-order valence-corrected chi connectivity index (χ3v) is 3.72. The molecule has 0 unspecified atom stereocenters. The second kappa shape index (κ2) is 6.20. The Labute approximate surface area is 122 Å². The molecule has 0 atom stereocenters. The van der Waals surface area contributed by atoms with Crippen LogP contribution in [0.1, 0.15) is 18.1 Å². The quantitative estimate of drug-likeness (QED) is 0.701. The van der Waals surface area contributed by atoms with Gasteiger partial charge in [0.1, 0.15) is 5.82 Å². The van der Waals surface area contributed by atoms with Crippen LogP contribution in [0, 0.1) is 12.7 Å². The van der Waals surface area contributed by atoms with Crippen LogP contribution in [0.2, 0.25) is 0 Å². The van der Waals surface area contributed by atoms with Gasteiger partial charge in [-0.15, -0.1) is 0 Å². The van der Waals surface area contributed by atoms with E-state index in [0.29, 0.717) is 11.0 Å². The van der Waals surface area contributed by atoms with E-state index in [1.54, 1.807) is 6.07 Å². The number of anilines is 2. The Morgan fingerprint density at radius 3 is 2.53 bits per heavy atom. The van der Waals surface area contributed by atoms with Crippen molar-refractivity contribution in [3.8, 4) is 0 Å². The molecule has 0 saturated carbocycles. The minimum absolute atomic E-state index is 0.180. The Hall–Kier alpha value is -1.35. The Bertz CT molecular complexity index is 568. The first-order valence-electron chi connectivity index (χ1n) is 6.35. The molecule has 0 amide bonds. The van der Waals surface area contributed by atoms with Crippen LogP contribution in [0.15, 0.2) is 42.5 Å². The molecular formula is C16H17BrFN. The molecule has 2 aromatic carbocycles. The lowest BCUT2D eigenvalue weighted by molar-refractivity contribution is 0.624. The maximum absolute atomic E-state index is 14.2. The number of rotatable bonds is 4. The number of aryl methyl sites for hydroxylation is 1. The minimum Gasteiger partial charge on any atom is -0.339 e. The van der Waals surface area contributed by atoms with Gasteiger partial charge in [0, 0.05) is 17.6 Å². The molecule has 0 aliphatic rings. The van der Waals surface area contributed by atoms with E-state index >= 15 is 0 Å². The Morgan fingerprint density at radius 1 is 1.16 bits per heavy atom. The van der Waals surface area contributed by atoms with Gasteiger partial charge >= 0.3 is 0 Å². The number of hydrogen-bond donors (Lipinski definition) is 0. The number of alkyl halides is 1. The normalized spacial score (nSPS) is 10.5. The molecule has 3 heteroatoms. The summed E-state index contributed by atoms with van der Waals surface area (Å²) in [7, 11) is 0. The molecule has 0 saturated heterocycles. The van der Waals surface area contributed by atoms with E-state index in [-0.39, 0.29) is 5.82 Å². The summed E-state index contributed by atoms with van der Waals surface area (Å²) in [6.07, 6.45) is 0. The average Bonchev–Trinajstić information content (AvgIpc) is 2.41. The van der Waals surface area contributed by atoms with Crippen molar-refractivity contribution >= 4 is 27.3 Å². The zero-order valence-corrected chi connectivity index (χ0v) is 12.7. The molecule has 0 aromatic heterocycles. The number of hydrogen-bond acceptors (Lipinski definition) is 1. The molecule has 0 spiro atoms. The van der Waals surface area contributed by atoms with Crippen LogP contribution in [-0.2, 0) is 5.33 Å². The monoisotopic (exact) mass is 321 g/mol. The molecule has 2 aromatic rings. The summed E-state index contributed by atoms with van der Waals surface area (Å²) < 4.78 is 14.2. The van der Waals surface area contributed by atoms with Crippen molar-refractivity contribution in [3.63, 3.8) is 0 Å². The lowest BCUT2D eigenvalue weighted by atomic mass is 10.1. The van der Waals surface area contributed by atoms with Gasteiger partial charge in [0.2, 0.25) is 0 Å². The van der Waals surface area contributed by atoms with Crippen molar-refractivity contribution in [1.82, 2.24) is 0 Å². The van der Waals surface area contributed by atoms with Crippen molar-refractivity contribution in [2.24, 2.45) is 0 Å². The van der Waals surface area contributed by atoms with Gasteiger partial charge < -0.3 is 4.90 Å². The van der Waals surface area contributed by atoms with E-state index in [2.05, 4.69) is 22.0 Å². The highest BCUT2D eigenvalue weighted by Gasteiger charge is 2.15. The third-order valence-electron chi connectivity index (χ3n) is 3.11. The van der Waals surface area contributed by atoms with Crippen LogP contribution in [0.5, 0.6) is 0 Å². The van der Waals surface area contributed by atoms with Crippen LogP contribution in [0.3, 0.4) is 0 Å². The summed E-state index contributed by atoms with van der Waals surface area (Å²) in [6, 6.07) is 13.4. The molecular weight excluding hydrogens is 305 g/mol. The van der Waals surface area contributed by atoms with Gasteiger partial charge in [-0.25, -0.2) is 4.39 Å². The fourth-order valence-corrected chi connectivity index (χ4v) is 2.69. The lowest BCUT2D eigenvalue weighted by Gasteiger charge is -2.26. The lowest BCUT2D eigenvalue weighted by Crippen LogP contribution is -2.19. The van der Waals surface area contributed by atoms with Crippen LogP contribution in [0.4, 0.5) is 15.8 Å². The number of para-hydroxylation sites is 1. The van der Waals surface area contributed by atoms with Crippen molar-refractivity contribution in [2.45, 2.75) is 19.2 Å². The zero-order chi connectivity index (χ0) is 13.8. The molecule has 0 N–H and O–H groups in total.